The van der Waals surface area contributed by atoms with Gasteiger partial charge in [0.1, 0.15) is 11.4 Å². The number of nitrogens with zero attached hydrogens (tertiary/aromatic N) is 1. The topological polar surface area (TPSA) is 71.0 Å². The van der Waals surface area contributed by atoms with Gasteiger partial charge in [-0.2, -0.15) is 5.06 Å². The minimum Gasteiger partial charge on any atom is -0.487 e. The highest BCUT2D eigenvalue weighted by Crippen LogP contribution is 2.61. The molecular weight excluding hydrogens is 524 g/mol. The summed E-state index contributed by atoms with van der Waals surface area (Å²) in [6.45, 7) is 10.8. The summed E-state index contributed by atoms with van der Waals surface area (Å²) in [5.41, 5.74) is 4.16. The van der Waals surface area contributed by atoms with Crippen molar-refractivity contribution in [1.82, 2.24) is 10.4 Å². The van der Waals surface area contributed by atoms with E-state index in [2.05, 4.69) is 62.4 Å². The van der Waals surface area contributed by atoms with Crippen molar-refractivity contribution in [3.05, 3.63) is 41.0 Å². The molecule has 42 heavy (non-hydrogen) atoms. The van der Waals surface area contributed by atoms with Crippen LogP contribution in [0.2, 0.25) is 0 Å². The zero-order valence-electron chi connectivity index (χ0n) is 26.1. The number of hydrogen-bond donors (Lipinski definition) is 2. The quantitative estimate of drug-likeness (QED) is 0.384. The highest BCUT2D eigenvalue weighted by molar-refractivity contribution is 5.82. The fourth-order valence-electron chi connectivity index (χ4n) is 9.57. The number of hydrogen-bond acceptors (Lipinski definition) is 5. The number of hydroxylamine groups is 2. The Labute approximate surface area is 251 Å². The van der Waals surface area contributed by atoms with Crippen molar-refractivity contribution in [1.29, 1.82) is 0 Å². The SMILES string of the molecule is CC(O)C1CC2ON([C@H]3[C@@H](C(=O)N[C@H](C)C4(C)CC4)[C@H]4CC[C@@H]3/C4=C\C3CC3)C(c3ccc4c(c3)CC(C)(C)O4)C2C1. The third-order valence-electron chi connectivity index (χ3n) is 12.6. The zero-order valence-corrected chi connectivity index (χ0v) is 26.1. The van der Waals surface area contributed by atoms with E-state index >= 15 is 0 Å². The first-order valence-electron chi connectivity index (χ1n) is 17.0. The standard InChI is InChI=1S/C36H50N2O4/c1-19(39)23-16-28-30(17-23)42-38(32(28)22-8-11-29-24(15-22)18-35(3,4)41-29)33-26-10-9-25(27(26)14-21-6-7-21)31(33)34(40)37-20(2)36(5)12-13-36/h8,11,14-15,19-21,23,25-26,28,30-33,39H,6-7,9-10,12-13,16-18H2,1-5H3,(H,37,40)/b27-14-/t19?,20-,23?,25+,26-,28?,30?,31+,32?,33-/m1/s1. The van der Waals surface area contributed by atoms with Gasteiger partial charge in [-0.05, 0) is 125 Å². The fourth-order valence-corrected chi connectivity index (χ4v) is 9.57. The maximum Gasteiger partial charge on any atom is 0.225 e. The van der Waals surface area contributed by atoms with Gasteiger partial charge in [-0.15, -0.1) is 0 Å². The Bertz CT molecular complexity index is 1300. The number of amides is 1. The van der Waals surface area contributed by atoms with E-state index in [9.17, 15) is 9.90 Å². The molecule has 2 bridgehead atoms. The largest absolute Gasteiger partial charge is 0.487 e. The van der Waals surface area contributed by atoms with Crippen LogP contribution in [0.3, 0.4) is 0 Å². The van der Waals surface area contributed by atoms with E-state index in [1.54, 1.807) is 5.57 Å². The summed E-state index contributed by atoms with van der Waals surface area (Å²) in [4.78, 5) is 21.4. The summed E-state index contributed by atoms with van der Waals surface area (Å²) in [5, 5.41) is 16.4. The molecule has 6 fully saturated rings. The van der Waals surface area contributed by atoms with Gasteiger partial charge in [-0.25, -0.2) is 0 Å². The predicted molar refractivity (Wildman–Crippen MR) is 161 cm³/mol. The molecular formula is C36H50N2O4. The average molecular weight is 575 g/mol. The molecule has 1 aromatic rings. The molecule has 2 aliphatic heterocycles. The molecule has 0 aromatic heterocycles. The van der Waals surface area contributed by atoms with Crippen LogP contribution in [0.15, 0.2) is 29.8 Å². The van der Waals surface area contributed by atoms with Crippen LogP contribution in [0.4, 0.5) is 0 Å². The molecule has 5 saturated carbocycles. The van der Waals surface area contributed by atoms with Crippen molar-refractivity contribution < 1.29 is 19.5 Å². The highest BCUT2D eigenvalue weighted by atomic mass is 16.7. The highest BCUT2D eigenvalue weighted by Gasteiger charge is 2.62. The Kier molecular flexibility index (Phi) is 6.29. The van der Waals surface area contributed by atoms with E-state index in [0.717, 1.165) is 37.9 Å². The summed E-state index contributed by atoms with van der Waals surface area (Å²) in [6.07, 6.45) is 12.3. The van der Waals surface area contributed by atoms with Gasteiger partial charge in [0.15, 0.2) is 0 Å². The second-order valence-corrected chi connectivity index (χ2v) is 16.2. The number of aliphatic hydroxyl groups excluding tert-OH is 1. The van der Waals surface area contributed by atoms with Crippen molar-refractivity contribution in [2.45, 2.75) is 128 Å². The lowest BCUT2D eigenvalue weighted by molar-refractivity contribution is -0.212. The van der Waals surface area contributed by atoms with Crippen molar-refractivity contribution in [3.63, 3.8) is 0 Å². The number of fused-ring (bicyclic) bond motifs is 4. The van der Waals surface area contributed by atoms with Gasteiger partial charge in [0, 0.05) is 18.4 Å². The van der Waals surface area contributed by atoms with Crippen molar-refractivity contribution in [2.75, 3.05) is 0 Å². The minimum atomic E-state index is -0.332. The molecule has 1 amide bonds. The second kappa shape index (κ2) is 9.55. The number of nitrogens with one attached hydrogen (secondary N) is 1. The van der Waals surface area contributed by atoms with Crippen LogP contribution in [0.5, 0.6) is 5.75 Å². The molecule has 1 saturated heterocycles. The molecule has 1 aromatic carbocycles. The predicted octanol–water partition coefficient (Wildman–Crippen LogP) is 6.13. The fraction of sp³-hybridized carbons (Fsp3) is 0.750. The van der Waals surface area contributed by atoms with E-state index in [1.807, 2.05) is 6.92 Å². The van der Waals surface area contributed by atoms with E-state index in [4.69, 9.17) is 9.57 Å². The van der Waals surface area contributed by atoms with Crippen molar-refractivity contribution >= 4 is 5.91 Å². The molecule has 228 valence electrons. The maximum atomic E-state index is 14.3. The number of allylic oxidation sites excluding steroid dienone is 1. The van der Waals surface area contributed by atoms with Gasteiger partial charge in [0.05, 0.1) is 30.2 Å². The van der Waals surface area contributed by atoms with Crippen LogP contribution in [0.1, 0.15) is 103 Å². The number of carbonyl (C=O) groups excluding carboxylic acids is 1. The lowest BCUT2D eigenvalue weighted by Crippen LogP contribution is -2.52. The Balaban J connectivity index is 1.17. The van der Waals surface area contributed by atoms with Crippen LogP contribution in [0.25, 0.3) is 0 Å². The summed E-state index contributed by atoms with van der Waals surface area (Å²) in [7, 11) is 0. The van der Waals surface area contributed by atoms with Crippen LogP contribution < -0.4 is 10.1 Å². The van der Waals surface area contributed by atoms with E-state index < -0.39 is 0 Å². The third-order valence-corrected chi connectivity index (χ3v) is 12.6. The first-order valence-corrected chi connectivity index (χ1v) is 17.0. The van der Waals surface area contributed by atoms with Gasteiger partial charge in [-0.3, -0.25) is 9.63 Å². The molecule has 6 nitrogen and oxygen atoms in total. The van der Waals surface area contributed by atoms with Crippen molar-refractivity contribution in [3.8, 4) is 5.75 Å². The molecule has 0 spiro atoms. The van der Waals surface area contributed by atoms with Crippen LogP contribution in [0, 0.1) is 40.9 Å². The maximum absolute atomic E-state index is 14.3. The molecule has 5 aliphatic carbocycles. The third kappa shape index (κ3) is 4.49. The average Bonchev–Trinajstić information content (AvgIpc) is 3.66. The van der Waals surface area contributed by atoms with Gasteiger partial charge >= 0.3 is 0 Å². The first-order chi connectivity index (χ1) is 20.0. The molecule has 5 unspecified atom stereocenters. The summed E-state index contributed by atoms with van der Waals surface area (Å²) in [5.74, 6) is 3.12. The van der Waals surface area contributed by atoms with Gasteiger partial charge in [0.25, 0.3) is 0 Å². The van der Waals surface area contributed by atoms with E-state index in [1.165, 1.54) is 36.8 Å². The summed E-state index contributed by atoms with van der Waals surface area (Å²) in [6, 6.07) is 7.10. The van der Waals surface area contributed by atoms with Crippen LogP contribution in [-0.2, 0) is 16.1 Å². The monoisotopic (exact) mass is 574 g/mol. The normalized spacial score (nSPS) is 41.4. The summed E-state index contributed by atoms with van der Waals surface area (Å²) < 4.78 is 6.25. The molecule has 7 aliphatic rings. The smallest absolute Gasteiger partial charge is 0.225 e. The van der Waals surface area contributed by atoms with E-state index in [0.29, 0.717) is 23.7 Å². The lowest BCUT2D eigenvalue weighted by Gasteiger charge is -2.40. The Hall–Kier alpha value is -1.89. The van der Waals surface area contributed by atoms with Crippen LogP contribution in [-0.4, -0.2) is 46.0 Å². The van der Waals surface area contributed by atoms with Crippen LogP contribution >= 0.6 is 0 Å². The lowest BCUT2D eigenvalue weighted by atomic mass is 9.81. The second-order valence-electron chi connectivity index (χ2n) is 16.2. The van der Waals surface area contributed by atoms with Gasteiger partial charge < -0.3 is 15.2 Å². The number of ether oxygens (including phenoxy) is 1. The number of rotatable bonds is 7. The number of aliphatic hydroxyl groups is 1. The Morgan fingerprint density at radius 3 is 2.57 bits per heavy atom. The number of benzene rings is 1. The zero-order chi connectivity index (χ0) is 29.1. The van der Waals surface area contributed by atoms with Crippen molar-refractivity contribution in [2.24, 2.45) is 40.9 Å². The first kappa shape index (κ1) is 27.6. The summed E-state index contributed by atoms with van der Waals surface area (Å²) >= 11 is 0. The minimum absolute atomic E-state index is 0.0505. The molecule has 8 rings (SSSR count). The Morgan fingerprint density at radius 2 is 1.86 bits per heavy atom. The molecule has 10 atom stereocenters. The molecule has 2 heterocycles. The molecule has 6 heteroatoms. The van der Waals surface area contributed by atoms with Gasteiger partial charge in [0.2, 0.25) is 5.91 Å². The van der Waals surface area contributed by atoms with E-state index in [-0.39, 0.29) is 59.1 Å². The Morgan fingerprint density at radius 1 is 1.10 bits per heavy atom. The van der Waals surface area contributed by atoms with Gasteiger partial charge in [-0.1, -0.05) is 30.7 Å². The number of carbonyl (C=O) groups is 1. The molecule has 0 radical (unpaired) electrons. The molecule has 2 N–H and O–H groups in total.